The van der Waals surface area contributed by atoms with Crippen LogP contribution in [0, 0.1) is 6.42 Å². The highest BCUT2D eigenvalue weighted by molar-refractivity contribution is 5.98. The van der Waals surface area contributed by atoms with Crippen molar-refractivity contribution < 1.29 is 9.21 Å². The molecule has 1 radical (unpaired) electrons. The molecule has 9 heavy (non-hydrogen) atoms. The molecule has 0 aliphatic carbocycles. The van der Waals surface area contributed by atoms with E-state index in [-0.39, 0.29) is 11.7 Å². The lowest BCUT2D eigenvalue weighted by Crippen LogP contribution is -1.95. The summed E-state index contributed by atoms with van der Waals surface area (Å²) in [6, 6.07) is 0. The van der Waals surface area contributed by atoms with Crippen LogP contribution in [0.2, 0.25) is 0 Å². The molecule has 0 saturated carbocycles. The van der Waals surface area contributed by atoms with Gasteiger partial charge in [-0.25, -0.2) is 4.98 Å². The highest BCUT2D eigenvalue weighted by atomic mass is 16.3. The minimum atomic E-state index is -0.181. The van der Waals surface area contributed by atoms with Crippen molar-refractivity contribution in [2.24, 2.45) is 0 Å². The third-order valence-electron chi connectivity index (χ3n) is 0.905. The molecule has 0 aliphatic rings. The Hall–Kier alpha value is -1.12. The second-order valence-corrected chi connectivity index (χ2v) is 1.49. The summed E-state index contributed by atoms with van der Waals surface area (Å²) in [5.41, 5.74) is 0. The number of hydrogen-bond donors (Lipinski definition) is 0. The zero-order valence-electron chi connectivity index (χ0n) is 5.00. The molecule has 0 aromatic carbocycles. The Balaban J connectivity index is 2.77. The van der Waals surface area contributed by atoms with Gasteiger partial charge >= 0.3 is 0 Å². The Morgan fingerprint density at radius 3 is 3.11 bits per heavy atom. The summed E-state index contributed by atoms with van der Waals surface area (Å²) in [6.45, 7) is 1.65. The first-order chi connectivity index (χ1) is 4.34. The van der Waals surface area contributed by atoms with Gasteiger partial charge < -0.3 is 4.42 Å². The fourth-order valence-corrected chi connectivity index (χ4v) is 0.469. The van der Waals surface area contributed by atoms with Gasteiger partial charge in [-0.3, -0.25) is 4.79 Å². The Kier molecular flexibility index (Phi) is 1.63. The Bertz CT molecular complexity index is 191. The quantitative estimate of drug-likeness (QED) is 0.554. The van der Waals surface area contributed by atoms with Gasteiger partial charge in [-0.15, -0.1) is 0 Å². The van der Waals surface area contributed by atoms with Gasteiger partial charge in [-0.05, 0) is 0 Å². The lowest BCUT2D eigenvalue weighted by molar-refractivity contribution is 0.0994. The van der Waals surface area contributed by atoms with E-state index in [1.165, 1.54) is 18.9 Å². The van der Waals surface area contributed by atoms with Crippen molar-refractivity contribution in [1.82, 2.24) is 4.98 Å². The molecular weight excluding hydrogens is 118 g/mol. The van der Waals surface area contributed by atoms with Crippen LogP contribution in [0.15, 0.2) is 16.9 Å². The topological polar surface area (TPSA) is 43.1 Å². The van der Waals surface area contributed by atoms with E-state index in [1.807, 2.05) is 0 Å². The standard InChI is InChI=1S/C6H6NO2/c1-2-5(8)6-7-3-4-9-6/h2-4H,1H3. The number of hydrogen-bond acceptors (Lipinski definition) is 3. The van der Waals surface area contributed by atoms with Crippen molar-refractivity contribution in [3.8, 4) is 0 Å². The highest BCUT2D eigenvalue weighted by Crippen LogP contribution is 1.96. The molecule has 47 valence electrons. The summed E-state index contributed by atoms with van der Waals surface area (Å²) < 4.78 is 4.69. The largest absolute Gasteiger partial charge is 0.442 e. The van der Waals surface area contributed by atoms with Crippen molar-refractivity contribution in [3.63, 3.8) is 0 Å². The summed E-state index contributed by atoms with van der Waals surface area (Å²) in [7, 11) is 0. The molecule has 3 nitrogen and oxygen atoms in total. The van der Waals surface area contributed by atoms with Crippen LogP contribution in [0.4, 0.5) is 0 Å². The number of aromatic nitrogens is 1. The predicted molar refractivity (Wildman–Crippen MR) is 30.8 cm³/mol. The first-order valence-corrected chi connectivity index (χ1v) is 2.58. The molecule has 1 rings (SSSR count). The molecule has 1 heterocycles. The summed E-state index contributed by atoms with van der Waals surface area (Å²) >= 11 is 0. The molecule has 1 aromatic heterocycles. The second-order valence-electron chi connectivity index (χ2n) is 1.49. The third-order valence-corrected chi connectivity index (χ3v) is 0.905. The summed E-state index contributed by atoms with van der Waals surface area (Å²) in [5.74, 6) is -0.0301. The van der Waals surface area contributed by atoms with Crippen LogP contribution in [-0.4, -0.2) is 10.8 Å². The number of ketones is 1. The van der Waals surface area contributed by atoms with Gasteiger partial charge in [0.05, 0.1) is 6.20 Å². The molecule has 0 amide bonds. The van der Waals surface area contributed by atoms with Crippen LogP contribution in [0.25, 0.3) is 0 Å². The molecule has 0 atom stereocenters. The summed E-state index contributed by atoms with van der Waals surface area (Å²) in [4.78, 5) is 14.3. The van der Waals surface area contributed by atoms with Crippen LogP contribution in [0.1, 0.15) is 17.6 Å². The van der Waals surface area contributed by atoms with Gasteiger partial charge in [0.2, 0.25) is 5.78 Å². The van der Waals surface area contributed by atoms with Crippen molar-refractivity contribution in [2.75, 3.05) is 0 Å². The van der Waals surface area contributed by atoms with Crippen molar-refractivity contribution in [1.29, 1.82) is 0 Å². The molecule has 0 saturated heterocycles. The number of carbonyl (C=O) groups is 1. The normalized spacial score (nSPS) is 9.44. The Labute approximate surface area is 52.7 Å². The minimum absolute atomic E-state index is 0.150. The maximum absolute atomic E-state index is 10.7. The van der Waals surface area contributed by atoms with Crippen LogP contribution >= 0.6 is 0 Å². The molecule has 0 bridgehead atoms. The van der Waals surface area contributed by atoms with Crippen LogP contribution in [0.3, 0.4) is 0 Å². The van der Waals surface area contributed by atoms with Crippen molar-refractivity contribution in [2.45, 2.75) is 6.92 Å². The summed E-state index contributed by atoms with van der Waals surface area (Å²) in [6.07, 6.45) is 4.22. The first kappa shape index (κ1) is 6.01. The zero-order valence-corrected chi connectivity index (χ0v) is 5.00. The van der Waals surface area contributed by atoms with E-state index in [9.17, 15) is 4.79 Å². The van der Waals surface area contributed by atoms with E-state index in [0.717, 1.165) is 0 Å². The molecule has 0 aliphatic heterocycles. The van der Waals surface area contributed by atoms with E-state index in [4.69, 9.17) is 4.42 Å². The number of oxazole rings is 1. The second kappa shape index (κ2) is 2.44. The highest BCUT2D eigenvalue weighted by Gasteiger charge is 2.05. The van der Waals surface area contributed by atoms with E-state index in [0.29, 0.717) is 0 Å². The van der Waals surface area contributed by atoms with Gasteiger partial charge in [0.15, 0.2) is 0 Å². The molecule has 0 fully saturated rings. The van der Waals surface area contributed by atoms with Gasteiger partial charge in [-0.2, -0.15) is 0 Å². The maximum atomic E-state index is 10.7. The monoisotopic (exact) mass is 124 g/mol. The average Bonchev–Trinajstić information content (AvgIpc) is 2.37. The molecule has 0 spiro atoms. The number of carbonyl (C=O) groups excluding carboxylic acids is 1. The SMILES string of the molecule is C[CH]C(=O)c1ncco1. The van der Waals surface area contributed by atoms with E-state index >= 15 is 0 Å². The van der Waals surface area contributed by atoms with E-state index in [2.05, 4.69) is 4.98 Å². The maximum Gasteiger partial charge on any atom is 0.263 e. The molecule has 0 N–H and O–H groups in total. The van der Waals surface area contributed by atoms with E-state index in [1.54, 1.807) is 6.92 Å². The number of nitrogens with zero attached hydrogens (tertiary/aromatic N) is 1. The van der Waals surface area contributed by atoms with Crippen molar-refractivity contribution in [3.05, 3.63) is 24.8 Å². The minimum Gasteiger partial charge on any atom is -0.442 e. The number of Topliss-reactive ketones (excluding diaryl/α,β-unsaturated/α-hetero) is 1. The fourth-order valence-electron chi connectivity index (χ4n) is 0.469. The van der Waals surface area contributed by atoms with Crippen LogP contribution in [0.5, 0.6) is 0 Å². The average molecular weight is 124 g/mol. The van der Waals surface area contributed by atoms with Gasteiger partial charge in [0.1, 0.15) is 6.26 Å². The van der Waals surface area contributed by atoms with Gasteiger partial charge in [0, 0.05) is 6.42 Å². The molecule has 1 aromatic rings. The smallest absolute Gasteiger partial charge is 0.263 e. The Morgan fingerprint density at radius 1 is 1.89 bits per heavy atom. The lowest BCUT2D eigenvalue weighted by Gasteiger charge is -1.83. The third kappa shape index (κ3) is 1.16. The van der Waals surface area contributed by atoms with Crippen molar-refractivity contribution >= 4 is 5.78 Å². The molecular formula is C6H6NO2. The van der Waals surface area contributed by atoms with Crippen LogP contribution < -0.4 is 0 Å². The zero-order chi connectivity index (χ0) is 6.69. The molecule has 0 unspecified atom stereocenters. The van der Waals surface area contributed by atoms with Crippen LogP contribution in [-0.2, 0) is 0 Å². The van der Waals surface area contributed by atoms with E-state index < -0.39 is 0 Å². The number of rotatable bonds is 2. The predicted octanol–water partition coefficient (Wildman–Crippen LogP) is 1.08. The first-order valence-electron chi connectivity index (χ1n) is 2.58. The van der Waals surface area contributed by atoms with Gasteiger partial charge in [-0.1, -0.05) is 6.92 Å². The lowest BCUT2D eigenvalue weighted by atomic mass is 10.3. The summed E-state index contributed by atoms with van der Waals surface area (Å²) in [5, 5.41) is 0. The van der Waals surface area contributed by atoms with Gasteiger partial charge in [0.25, 0.3) is 5.89 Å². The fraction of sp³-hybridized carbons (Fsp3) is 0.167. The Morgan fingerprint density at radius 2 is 2.67 bits per heavy atom. The molecule has 3 heteroatoms.